The molecule has 80 valence electrons. The number of fused-ring (bicyclic) bond motifs is 1. The van der Waals surface area contributed by atoms with Crippen molar-refractivity contribution in [3.8, 4) is 0 Å². The minimum absolute atomic E-state index is 0.588. The molecular weight excluding hydrogens is 192 g/mol. The number of nitrogens with zero attached hydrogens (tertiary/aromatic N) is 3. The van der Waals surface area contributed by atoms with Gasteiger partial charge in [-0.15, -0.1) is 0 Å². The van der Waals surface area contributed by atoms with E-state index in [-0.39, 0.29) is 0 Å². The summed E-state index contributed by atoms with van der Waals surface area (Å²) in [5.41, 5.74) is 0.743. The lowest BCUT2D eigenvalue weighted by Gasteiger charge is -2.06. The third-order valence-electron chi connectivity index (χ3n) is 2.08. The third-order valence-corrected chi connectivity index (χ3v) is 2.08. The Labute approximate surface area is 87.5 Å². The summed E-state index contributed by atoms with van der Waals surface area (Å²) in [6.07, 6.45) is 2.78. The average Bonchev–Trinajstić information content (AvgIpc) is 2.73. The van der Waals surface area contributed by atoms with Gasteiger partial charge in [-0.1, -0.05) is 6.92 Å². The highest BCUT2D eigenvalue weighted by molar-refractivity contribution is 5.86. The summed E-state index contributed by atoms with van der Waals surface area (Å²) in [4.78, 5) is 8.58. The van der Waals surface area contributed by atoms with Crippen LogP contribution < -0.4 is 10.6 Å². The van der Waals surface area contributed by atoms with Gasteiger partial charge in [-0.05, 0) is 6.42 Å². The second-order valence-electron chi connectivity index (χ2n) is 3.20. The first-order valence-corrected chi connectivity index (χ1v) is 4.98. The highest BCUT2D eigenvalue weighted by Crippen LogP contribution is 2.19. The Kier molecular flexibility index (Phi) is 2.66. The van der Waals surface area contributed by atoms with Crippen LogP contribution in [0.3, 0.4) is 0 Å². The van der Waals surface area contributed by atoms with Gasteiger partial charge >= 0.3 is 0 Å². The Hall–Kier alpha value is -1.85. The van der Waals surface area contributed by atoms with E-state index in [9.17, 15) is 0 Å². The van der Waals surface area contributed by atoms with Crippen LogP contribution in [0, 0.1) is 0 Å². The fourth-order valence-corrected chi connectivity index (χ4v) is 1.32. The Balaban J connectivity index is 2.43. The van der Waals surface area contributed by atoms with Crippen molar-refractivity contribution < 1.29 is 0 Å². The largest absolute Gasteiger partial charge is 0.369 e. The SMILES string of the molecule is CCCNc1nc(NC)nc2[nH]ncc12. The maximum atomic E-state index is 4.34. The molecule has 0 saturated heterocycles. The van der Waals surface area contributed by atoms with Crippen molar-refractivity contribution in [2.75, 3.05) is 24.2 Å². The zero-order valence-electron chi connectivity index (χ0n) is 8.83. The van der Waals surface area contributed by atoms with Gasteiger partial charge in [0.1, 0.15) is 5.82 Å². The van der Waals surface area contributed by atoms with E-state index in [4.69, 9.17) is 0 Å². The molecule has 3 N–H and O–H groups in total. The topological polar surface area (TPSA) is 78.5 Å². The van der Waals surface area contributed by atoms with Gasteiger partial charge in [0, 0.05) is 13.6 Å². The summed E-state index contributed by atoms with van der Waals surface area (Å²) < 4.78 is 0. The smallest absolute Gasteiger partial charge is 0.226 e. The normalized spacial score (nSPS) is 10.5. The molecule has 0 spiro atoms. The van der Waals surface area contributed by atoms with Gasteiger partial charge in [0.25, 0.3) is 0 Å². The van der Waals surface area contributed by atoms with Gasteiger partial charge in [0.05, 0.1) is 11.6 Å². The number of H-pyrrole nitrogens is 1. The van der Waals surface area contributed by atoms with Gasteiger partial charge in [0.2, 0.25) is 5.95 Å². The highest BCUT2D eigenvalue weighted by Gasteiger charge is 2.07. The fourth-order valence-electron chi connectivity index (χ4n) is 1.32. The summed E-state index contributed by atoms with van der Waals surface area (Å²) >= 11 is 0. The summed E-state index contributed by atoms with van der Waals surface area (Å²) in [6, 6.07) is 0. The number of rotatable bonds is 4. The van der Waals surface area contributed by atoms with Crippen LogP contribution in [-0.2, 0) is 0 Å². The monoisotopic (exact) mass is 206 g/mol. The van der Waals surface area contributed by atoms with E-state index in [1.807, 2.05) is 0 Å². The molecule has 0 aliphatic carbocycles. The predicted molar refractivity (Wildman–Crippen MR) is 60.0 cm³/mol. The lowest BCUT2D eigenvalue weighted by molar-refractivity contribution is 0.969. The molecule has 2 rings (SSSR count). The predicted octanol–water partition coefficient (Wildman–Crippen LogP) is 1.22. The molecule has 6 heteroatoms. The van der Waals surface area contributed by atoms with Crippen molar-refractivity contribution in [2.45, 2.75) is 13.3 Å². The molecule has 0 aliphatic heterocycles. The summed E-state index contributed by atoms with van der Waals surface area (Å²) in [5.74, 6) is 1.41. The van der Waals surface area contributed by atoms with E-state index in [0.717, 1.165) is 29.8 Å². The zero-order chi connectivity index (χ0) is 10.7. The molecule has 0 unspecified atom stereocenters. The van der Waals surface area contributed by atoms with Crippen LogP contribution in [0.15, 0.2) is 6.20 Å². The second kappa shape index (κ2) is 4.12. The summed E-state index contributed by atoms with van der Waals surface area (Å²) in [7, 11) is 1.79. The van der Waals surface area contributed by atoms with E-state index < -0.39 is 0 Å². The molecule has 2 aromatic heterocycles. The Morgan fingerprint density at radius 3 is 3.00 bits per heavy atom. The molecule has 2 heterocycles. The summed E-state index contributed by atoms with van der Waals surface area (Å²) in [6.45, 7) is 3.00. The Morgan fingerprint density at radius 1 is 1.40 bits per heavy atom. The van der Waals surface area contributed by atoms with Crippen LogP contribution >= 0.6 is 0 Å². The van der Waals surface area contributed by atoms with E-state index in [1.54, 1.807) is 13.2 Å². The van der Waals surface area contributed by atoms with E-state index in [0.29, 0.717) is 5.95 Å². The molecular formula is C9H14N6. The zero-order valence-corrected chi connectivity index (χ0v) is 8.83. The maximum Gasteiger partial charge on any atom is 0.226 e. The molecule has 2 aromatic rings. The standard InChI is InChI=1S/C9H14N6/c1-3-4-11-7-6-5-12-15-8(6)14-9(10-2)13-7/h5H,3-4H2,1-2H3,(H3,10,11,12,13,14,15). The molecule has 15 heavy (non-hydrogen) atoms. The van der Waals surface area contributed by atoms with Crippen molar-refractivity contribution in [2.24, 2.45) is 0 Å². The Bertz CT molecular complexity index is 449. The van der Waals surface area contributed by atoms with Gasteiger partial charge < -0.3 is 10.6 Å². The molecule has 0 radical (unpaired) electrons. The van der Waals surface area contributed by atoms with E-state index in [1.165, 1.54) is 0 Å². The lowest BCUT2D eigenvalue weighted by Crippen LogP contribution is -2.05. The van der Waals surface area contributed by atoms with E-state index in [2.05, 4.69) is 37.7 Å². The number of nitrogens with one attached hydrogen (secondary N) is 3. The Morgan fingerprint density at radius 2 is 2.27 bits per heavy atom. The second-order valence-corrected chi connectivity index (χ2v) is 3.20. The minimum atomic E-state index is 0.588. The van der Waals surface area contributed by atoms with Gasteiger partial charge in [-0.2, -0.15) is 15.1 Å². The molecule has 0 amide bonds. The first-order chi connectivity index (χ1) is 7.35. The van der Waals surface area contributed by atoms with Crippen LogP contribution in [0.1, 0.15) is 13.3 Å². The van der Waals surface area contributed by atoms with Crippen LogP contribution in [0.4, 0.5) is 11.8 Å². The molecule has 0 aromatic carbocycles. The van der Waals surface area contributed by atoms with Gasteiger partial charge in [-0.3, -0.25) is 5.10 Å². The van der Waals surface area contributed by atoms with Crippen molar-refractivity contribution in [1.29, 1.82) is 0 Å². The number of aromatic amines is 1. The van der Waals surface area contributed by atoms with Crippen LogP contribution in [0.25, 0.3) is 11.0 Å². The maximum absolute atomic E-state index is 4.34. The van der Waals surface area contributed by atoms with E-state index >= 15 is 0 Å². The van der Waals surface area contributed by atoms with Crippen LogP contribution in [0.5, 0.6) is 0 Å². The van der Waals surface area contributed by atoms with Crippen LogP contribution in [0.2, 0.25) is 0 Å². The van der Waals surface area contributed by atoms with Crippen LogP contribution in [-0.4, -0.2) is 33.8 Å². The quantitative estimate of drug-likeness (QED) is 0.701. The first-order valence-electron chi connectivity index (χ1n) is 4.98. The molecule has 0 atom stereocenters. The fraction of sp³-hybridized carbons (Fsp3) is 0.444. The molecule has 0 bridgehead atoms. The minimum Gasteiger partial charge on any atom is -0.369 e. The number of aromatic nitrogens is 4. The molecule has 0 saturated carbocycles. The number of hydrogen-bond donors (Lipinski definition) is 3. The molecule has 6 nitrogen and oxygen atoms in total. The van der Waals surface area contributed by atoms with Crippen molar-refractivity contribution in [3.63, 3.8) is 0 Å². The third kappa shape index (κ3) is 1.83. The number of anilines is 2. The van der Waals surface area contributed by atoms with Crippen molar-refractivity contribution in [3.05, 3.63) is 6.20 Å². The molecule has 0 aliphatic rings. The highest BCUT2D eigenvalue weighted by atomic mass is 15.2. The van der Waals surface area contributed by atoms with Crippen molar-refractivity contribution >= 4 is 22.8 Å². The summed E-state index contributed by atoms with van der Waals surface area (Å²) in [5, 5.41) is 13.9. The number of hydrogen-bond acceptors (Lipinski definition) is 5. The average molecular weight is 206 g/mol. The van der Waals surface area contributed by atoms with Gasteiger partial charge in [0.15, 0.2) is 5.65 Å². The lowest BCUT2D eigenvalue weighted by atomic mass is 10.4. The van der Waals surface area contributed by atoms with Gasteiger partial charge in [-0.25, -0.2) is 0 Å². The first kappa shape index (κ1) is 9.70. The molecule has 0 fully saturated rings. The van der Waals surface area contributed by atoms with Crippen molar-refractivity contribution in [1.82, 2.24) is 20.2 Å².